The highest BCUT2D eigenvalue weighted by atomic mass is 16.4. The topological polar surface area (TPSA) is 57.8 Å². The van der Waals surface area contributed by atoms with E-state index in [0.717, 1.165) is 30.0 Å². The van der Waals surface area contributed by atoms with Gasteiger partial charge in [-0.25, -0.2) is 9.78 Å². The summed E-state index contributed by atoms with van der Waals surface area (Å²) in [6, 6.07) is 2.08. The molecule has 1 saturated heterocycles. The van der Waals surface area contributed by atoms with Gasteiger partial charge in [0, 0.05) is 25.5 Å². The standard InChI is InChI=1S/C13H15N3O2/c1-9-6-10(15-4-2-3-5-15)7-16-8-11(13(17)18)14-12(9)16/h6-8H,2-5H2,1H3,(H,17,18). The van der Waals surface area contributed by atoms with Crippen molar-refractivity contribution in [1.82, 2.24) is 9.38 Å². The summed E-state index contributed by atoms with van der Waals surface area (Å²) in [6.07, 6.45) is 5.99. The summed E-state index contributed by atoms with van der Waals surface area (Å²) in [5, 5.41) is 8.97. The summed E-state index contributed by atoms with van der Waals surface area (Å²) in [5.74, 6) is -0.985. The minimum Gasteiger partial charge on any atom is -0.476 e. The van der Waals surface area contributed by atoms with E-state index in [2.05, 4.69) is 16.0 Å². The molecule has 5 nitrogen and oxygen atoms in total. The zero-order valence-electron chi connectivity index (χ0n) is 10.3. The van der Waals surface area contributed by atoms with Gasteiger partial charge in [0.15, 0.2) is 5.69 Å². The van der Waals surface area contributed by atoms with Gasteiger partial charge in [-0.3, -0.25) is 0 Å². The van der Waals surface area contributed by atoms with E-state index in [1.807, 2.05) is 17.5 Å². The highest BCUT2D eigenvalue weighted by Crippen LogP contribution is 2.23. The molecule has 2 aromatic rings. The Morgan fingerprint density at radius 2 is 2.06 bits per heavy atom. The largest absolute Gasteiger partial charge is 0.476 e. The maximum Gasteiger partial charge on any atom is 0.356 e. The van der Waals surface area contributed by atoms with Gasteiger partial charge < -0.3 is 14.4 Å². The number of nitrogens with zero attached hydrogens (tertiary/aromatic N) is 3. The fourth-order valence-corrected chi connectivity index (χ4v) is 2.50. The number of carboxylic acid groups (broad SMARTS) is 1. The zero-order valence-corrected chi connectivity index (χ0v) is 10.3. The third kappa shape index (κ3) is 1.72. The van der Waals surface area contributed by atoms with E-state index in [4.69, 9.17) is 5.11 Å². The van der Waals surface area contributed by atoms with Crippen molar-refractivity contribution in [2.45, 2.75) is 19.8 Å². The van der Waals surface area contributed by atoms with Gasteiger partial charge in [0.25, 0.3) is 0 Å². The smallest absolute Gasteiger partial charge is 0.356 e. The van der Waals surface area contributed by atoms with E-state index in [9.17, 15) is 4.79 Å². The molecule has 0 amide bonds. The number of anilines is 1. The second-order valence-electron chi connectivity index (χ2n) is 4.74. The first kappa shape index (κ1) is 11.1. The van der Waals surface area contributed by atoms with Crippen LogP contribution in [0.1, 0.15) is 28.9 Å². The molecule has 5 heteroatoms. The quantitative estimate of drug-likeness (QED) is 0.878. The van der Waals surface area contributed by atoms with Crippen LogP contribution in [0.15, 0.2) is 18.5 Å². The third-order valence-corrected chi connectivity index (χ3v) is 3.41. The summed E-state index contributed by atoms with van der Waals surface area (Å²) in [5.41, 5.74) is 2.96. The molecule has 0 atom stereocenters. The van der Waals surface area contributed by atoms with Crippen molar-refractivity contribution in [1.29, 1.82) is 0 Å². The van der Waals surface area contributed by atoms with Crippen LogP contribution in [0, 0.1) is 6.92 Å². The number of imidazole rings is 1. The van der Waals surface area contributed by atoms with Crippen LogP contribution in [0.4, 0.5) is 5.69 Å². The predicted octanol–water partition coefficient (Wildman–Crippen LogP) is 1.94. The second-order valence-corrected chi connectivity index (χ2v) is 4.74. The second kappa shape index (κ2) is 4.01. The Balaban J connectivity index is 2.11. The molecule has 1 aliphatic heterocycles. The molecule has 1 aliphatic rings. The summed E-state index contributed by atoms with van der Waals surface area (Å²) in [4.78, 5) is 17.4. The average molecular weight is 245 g/mol. The molecule has 3 heterocycles. The van der Waals surface area contributed by atoms with E-state index >= 15 is 0 Å². The summed E-state index contributed by atoms with van der Waals surface area (Å²) >= 11 is 0. The van der Waals surface area contributed by atoms with Crippen molar-refractivity contribution >= 4 is 17.3 Å². The molecule has 18 heavy (non-hydrogen) atoms. The van der Waals surface area contributed by atoms with Crippen LogP contribution in [0.25, 0.3) is 5.65 Å². The number of hydrogen-bond donors (Lipinski definition) is 1. The molecule has 0 aromatic carbocycles. The fraction of sp³-hybridized carbons (Fsp3) is 0.385. The molecule has 1 N–H and O–H groups in total. The lowest BCUT2D eigenvalue weighted by atomic mass is 10.2. The Morgan fingerprint density at radius 3 is 2.72 bits per heavy atom. The molecule has 3 rings (SSSR count). The Morgan fingerprint density at radius 1 is 1.33 bits per heavy atom. The number of carboxylic acids is 1. The zero-order chi connectivity index (χ0) is 12.7. The number of aromatic carboxylic acids is 1. The maximum atomic E-state index is 10.9. The van der Waals surface area contributed by atoms with Crippen molar-refractivity contribution in [2.24, 2.45) is 0 Å². The first-order chi connectivity index (χ1) is 8.65. The molecule has 1 fully saturated rings. The van der Waals surface area contributed by atoms with Gasteiger partial charge in [-0.1, -0.05) is 0 Å². The number of carbonyl (C=O) groups is 1. The molecule has 0 aliphatic carbocycles. The van der Waals surface area contributed by atoms with Crippen LogP contribution in [-0.2, 0) is 0 Å². The van der Waals surface area contributed by atoms with Crippen molar-refractivity contribution < 1.29 is 9.90 Å². The lowest BCUT2D eigenvalue weighted by Gasteiger charge is -2.18. The number of pyridine rings is 1. The molecule has 94 valence electrons. The van der Waals surface area contributed by atoms with E-state index in [1.165, 1.54) is 12.8 Å². The number of fused-ring (bicyclic) bond motifs is 1. The van der Waals surface area contributed by atoms with Crippen molar-refractivity contribution in [3.05, 3.63) is 29.7 Å². The van der Waals surface area contributed by atoms with Gasteiger partial charge in [0.05, 0.1) is 5.69 Å². The van der Waals surface area contributed by atoms with Crippen LogP contribution >= 0.6 is 0 Å². The fourth-order valence-electron chi connectivity index (χ4n) is 2.50. The van der Waals surface area contributed by atoms with Gasteiger partial charge in [0.1, 0.15) is 5.65 Å². The number of rotatable bonds is 2. The average Bonchev–Trinajstić information content (AvgIpc) is 2.97. The van der Waals surface area contributed by atoms with Crippen molar-refractivity contribution in [2.75, 3.05) is 18.0 Å². The molecule has 2 aromatic heterocycles. The highest BCUT2D eigenvalue weighted by Gasteiger charge is 2.16. The van der Waals surface area contributed by atoms with Gasteiger partial charge in [-0.15, -0.1) is 0 Å². The van der Waals surface area contributed by atoms with E-state index < -0.39 is 5.97 Å². The summed E-state index contributed by atoms with van der Waals surface area (Å²) in [6.45, 7) is 4.12. The van der Waals surface area contributed by atoms with Crippen molar-refractivity contribution in [3.63, 3.8) is 0 Å². The normalized spacial score (nSPS) is 15.5. The maximum absolute atomic E-state index is 10.9. The molecule has 0 saturated carbocycles. The molecule has 0 spiro atoms. The molecular weight excluding hydrogens is 230 g/mol. The van der Waals surface area contributed by atoms with Crippen LogP contribution in [0.5, 0.6) is 0 Å². The van der Waals surface area contributed by atoms with E-state index in [0.29, 0.717) is 0 Å². The molecule has 0 bridgehead atoms. The van der Waals surface area contributed by atoms with E-state index in [-0.39, 0.29) is 5.69 Å². The highest BCUT2D eigenvalue weighted by molar-refractivity contribution is 5.86. The minimum absolute atomic E-state index is 0.0941. The number of hydrogen-bond acceptors (Lipinski definition) is 3. The van der Waals surface area contributed by atoms with Crippen LogP contribution < -0.4 is 4.90 Å². The monoisotopic (exact) mass is 245 g/mol. The Hall–Kier alpha value is -2.04. The lowest BCUT2D eigenvalue weighted by molar-refractivity contribution is 0.0691. The van der Waals surface area contributed by atoms with Gasteiger partial charge in [-0.05, 0) is 31.4 Å². The molecular formula is C13H15N3O2. The van der Waals surface area contributed by atoms with Crippen LogP contribution in [0.3, 0.4) is 0 Å². The Labute approximate surface area is 105 Å². The Bertz CT molecular complexity index is 612. The van der Waals surface area contributed by atoms with Gasteiger partial charge >= 0.3 is 5.97 Å². The third-order valence-electron chi connectivity index (χ3n) is 3.41. The van der Waals surface area contributed by atoms with Gasteiger partial charge in [-0.2, -0.15) is 0 Å². The number of aryl methyl sites for hydroxylation is 1. The first-order valence-corrected chi connectivity index (χ1v) is 6.13. The van der Waals surface area contributed by atoms with Crippen LogP contribution in [0.2, 0.25) is 0 Å². The number of aromatic nitrogens is 2. The van der Waals surface area contributed by atoms with Gasteiger partial charge in [0.2, 0.25) is 0 Å². The molecule has 0 unspecified atom stereocenters. The van der Waals surface area contributed by atoms with Crippen LogP contribution in [-0.4, -0.2) is 33.6 Å². The molecule has 0 radical (unpaired) electrons. The predicted molar refractivity (Wildman–Crippen MR) is 68.3 cm³/mol. The lowest BCUT2D eigenvalue weighted by Crippen LogP contribution is -2.18. The first-order valence-electron chi connectivity index (χ1n) is 6.13. The Kier molecular flexibility index (Phi) is 2.47. The summed E-state index contributed by atoms with van der Waals surface area (Å²) < 4.78 is 1.81. The van der Waals surface area contributed by atoms with Crippen molar-refractivity contribution in [3.8, 4) is 0 Å². The minimum atomic E-state index is -0.985. The summed E-state index contributed by atoms with van der Waals surface area (Å²) in [7, 11) is 0. The SMILES string of the molecule is Cc1cc(N2CCCC2)cn2cc(C(=O)O)nc12. The van der Waals surface area contributed by atoms with E-state index in [1.54, 1.807) is 6.20 Å².